The van der Waals surface area contributed by atoms with E-state index < -0.39 is 0 Å². The molecule has 0 aromatic carbocycles. The average molecular weight is 195 g/mol. The van der Waals surface area contributed by atoms with Gasteiger partial charge in [-0.1, -0.05) is 39.3 Å². The molecule has 2 heteroatoms. The quantitative estimate of drug-likeness (QED) is 0.620. The number of nitrogens with zero attached hydrogens (tertiary/aromatic N) is 1. The summed E-state index contributed by atoms with van der Waals surface area (Å²) < 4.78 is 0. The van der Waals surface area contributed by atoms with Crippen LogP contribution in [0, 0.1) is 11.8 Å². The van der Waals surface area contributed by atoms with Gasteiger partial charge in [0.2, 0.25) is 5.91 Å². The molecule has 0 bridgehead atoms. The zero-order chi connectivity index (χ0) is 10.7. The molecular formula is C12H21NO. The van der Waals surface area contributed by atoms with Gasteiger partial charge in [0.25, 0.3) is 0 Å². The molecule has 1 aliphatic rings. The van der Waals surface area contributed by atoms with E-state index in [4.69, 9.17) is 0 Å². The molecule has 1 rings (SSSR count). The van der Waals surface area contributed by atoms with Crippen LogP contribution in [-0.4, -0.2) is 23.9 Å². The molecule has 0 atom stereocenters. The summed E-state index contributed by atoms with van der Waals surface area (Å²) >= 11 is 0. The normalized spacial score (nSPS) is 17.6. The van der Waals surface area contributed by atoms with Gasteiger partial charge in [0.1, 0.15) is 0 Å². The van der Waals surface area contributed by atoms with Crippen molar-refractivity contribution < 1.29 is 4.79 Å². The van der Waals surface area contributed by atoms with Crippen molar-refractivity contribution in [2.24, 2.45) is 11.8 Å². The first-order chi connectivity index (χ1) is 6.52. The fourth-order valence-corrected chi connectivity index (χ4v) is 1.77. The van der Waals surface area contributed by atoms with Gasteiger partial charge in [-0.25, -0.2) is 0 Å². The summed E-state index contributed by atoms with van der Waals surface area (Å²) in [6.07, 6.45) is 3.27. The highest BCUT2D eigenvalue weighted by atomic mass is 16.2. The van der Waals surface area contributed by atoms with E-state index in [-0.39, 0.29) is 11.8 Å². The lowest BCUT2D eigenvalue weighted by Gasteiger charge is -2.29. The Morgan fingerprint density at radius 1 is 1.36 bits per heavy atom. The molecule has 0 spiro atoms. The van der Waals surface area contributed by atoms with Crippen LogP contribution in [0.25, 0.3) is 0 Å². The minimum atomic E-state index is 0.129. The molecule has 0 aliphatic carbocycles. The molecule has 80 valence electrons. The van der Waals surface area contributed by atoms with Crippen LogP contribution < -0.4 is 0 Å². The van der Waals surface area contributed by atoms with Crippen LogP contribution >= 0.6 is 0 Å². The second-order valence-electron chi connectivity index (χ2n) is 4.62. The summed E-state index contributed by atoms with van der Waals surface area (Å²) in [5.74, 6) is 1.04. The smallest absolute Gasteiger partial charge is 0.225 e. The second kappa shape index (κ2) is 4.63. The van der Waals surface area contributed by atoms with E-state index in [0.717, 1.165) is 19.5 Å². The monoisotopic (exact) mass is 195 g/mol. The Morgan fingerprint density at radius 3 is 2.36 bits per heavy atom. The molecule has 0 saturated heterocycles. The van der Waals surface area contributed by atoms with E-state index in [2.05, 4.69) is 19.9 Å². The molecule has 1 aliphatic heterocycles. The van der Waals surface area contributed by atoms with E-state index in [1.807, 2.05) is 18.7 Å². The van der Waals surface area contributed by atoms with Gasteiger partial charge >= 0.3 is 0 Å². The van der Waals surface area contributed by atoms with Crippen LogP contribution in [0.5, 0.6) is 0 Å². The van der Waals surface area contributed by atoms with Crippen LogP contribution in [0.3, 0.4) is 0 Å². The Morgan fingerprint density at radius 2 is 2.00 bits per heavy atom. The van der Waals surface area contributed by atoms with Gasteiger partial charge in [0.15, 0.2) is 0 Å². The van der Waals surface area contributed by atoms with Gasteiger partial charge in [0.05, 0.1) is 0 Å². The Bertz CT molecular complexity index is 241. The molecule has 0 aromatic heterocycles. The van der Waals surface area contributed by atoms with Crippen LogP contribution in [-0.2, 0) is 4.79 Å². The largest absolute Gasteiger partial charge is 0.338 e. The lowest BCUT2D eigenvalue weighted by molar-refractivity contribution is -0.134. The summed E-state index contributed by atoms with van der Waals surface area (Å²) in [6.45, 7) is 10.1. The first-order valence-corrected chi connectivity index (χ1v) is 5.50. The molecule has 1 amide bonds. The van der Waals surface area contributed by atoms with Gasteiger partial charge in [0, 0.05) is 19.0 Å². The van der Waals surface area contributed by atoms with Crippen molar-refractivity contribution in [1.29, 1.82) is 0 Å². The van der Waals surface area contributed by atoms with E-state index >= 15 is 0 Å². The fraction of sp³-hybridized carbons (Fsp3) is 0.750. The standard InChI is InChI=1S/C12H21NO/c1-9(2)11-5-7-13(8-6-11)12(14)10(3)4/h5,9-10H,6-8H2,1-4H3. The number of carbonyl (C=O) groups is 1. The maximum Gasteiger partial charge on any atom is 0.225 e. The predicted octanol–water partition coefficient (Wildman–Crippen LogP) is 2.46. The molecule has 0 aromatic rings. The number of amides is 1. The minimum absolute atomic E-state index is 0.129. The molecular weight excluding hydrogens is 174 g/mol. The third-order valence-corrected chi connectivity index (χ3v) is 2.79. The highest BCUT2D eigenvalue weighted by Gasteiger charge is 2.19. The lowest BCUT2D eigenvalue weighted by Crippen LogP contribution is -2.37. The molecule has 0 fully saturated rings. The molecule has 0 unspecified atom stereocenters. The number of hydrogen-bond donors (Lipinski definition) is 0. The first-order valence-electron chi connectivity index (χ1n) is 5.50. The van der Waals surface area contributed by atoms with Gasteiger partial charge in [-0.2, -0.15) is 0 Å². The van der Waals surface area contributed by atoms with Crippen molar-refractivity contribution in [1.82, 2.24) is 4.90 Å². The zero-order valence-corrected chi connectivity index (χ0v) is 9.71. The molecule has 0 saturated carbocycles. The zero-order valence-electron chi connectivity index (χ0n) is 9.71. The molecule has 0 N–H and O–H groups in total. The molecule has 0 radical (unpaired) electrons. The van der Waals surface area contributed by atoms with Gasteiger partial charge < -0.3 is 4.90 Å². The summed E-state index contributed by atoms with van der Waals surface area (Å²) in [5.41, 5.74) is 1.50. The van der Waals surface area contributed by atoms with Crippen molar-refractivity contribution in [3.63, 3.8) is 0 Å². The van der Waals surface area contributed by atoms with Crippen molar-refractivity contribution in [3.8, 4) is 0 Å². The van der Waals surface area contributed by atoms with Crippen LogP contribution in [0.15, 0.2) is 11.6 Å². The Hall–Kier alpha value is -0.790. The van der Waals surface area contributed by atoms with Crippen LogP contribution in [0.2, 0.25) is 0 Å². The summed E-state index contributed by atoms with van der Waals surface area (Å²) in [7, 11) is 0. The number of hydrogen-bond acceptors (Lipinski definition) is 1. The first kappa shape index (κ1) is 11.3. The Labute approximate surface area is 87.0 Å². The van der Waals surface area contributed by atoms with E-state index in [1.165, 1.54) is 5.57 Å². The number of carbonyl (C=O) groups excluding carboxylic acids is 1. The Balaban J connectivity index is 2.54. The number of rotatable bonds is 2. The molecule has 14 heavy (non-hydrogen) atoms. The topological polar surface area (TPSA) is 20.3 Å². The summed E-state index contributed by atoms with van der Waals surface area (Å²) in [6, 6.07) is 0. The fourth-order valence-electron chi connectivity index (χ4n) is 1.77. The highest BCUT2D eigenvalue weighted by molar-refractivity contribution is 5.78. The van der Waals surface area contributed by atoms with Gasteiger partial charge in [-0.3, -0.25) is 4.79 Å². The highest BCUT2D eigenvalue weighted by Crippen LogP contribution is 2.19. The van der Waals surface area contributed by atoms with E-state index in [9.17, 15) is 4.79 Å². The predicted molar refractivity (Wildman–Crippen MR) is 59.0 cm³/mol. The summed E-state index contributed by atoms with van der Waals surface area (Å²) in [4.78, 5) is 13.6. The third-order valence-electron chi connectivity index (χ3n) is 2.79. The Kier molecular flexibility index (Phi) is 3.73. The lowest BCUT2D eigenvalue weighted by atomic mass is 9.96. The maximum atomic E-state index is 11.7. The van der Waals surface area contributed by atoms with Crippen molar-refractivity contribution in [2.45, 2.75) is 34.1 Å². The van der Waals surface area contributed by atoms with Crippen molar-refractivity contribution >= 4 is 5.91 Å². The minimum Gasteiger partial charge on any atom is -0.338 e. The van der Waals surface area contributed by atoms with Crippen molar-refractivity contribution in [2.75, 3.05) is 13.1 Å². The van der Waals surface area contributed by atoms with Gasteiger partial charge in [-0.15, -0.1) is 0 Å². The van der Waals surface area contributed by atoms with Crippen LogP contribution in [0.4, 0.5) is 0 Å². The molecule has 1 heterocycles. The van der Waals surface area contributed by atoms with E-state index in [0.29, 0.717) is 5.92 Å². The van der Waals surface area contributed by atoms with Crippen LogP contribution in [0.1, 0.15) is 34.1 Å². The maximum absolute atomic E-state index is 11.7. The van der Waals surface area contributed by atoms with Gasteiger partial charge in [-0.05, 0) is 12.3 Å². The van der Waals surface area contributed by atoms with E-state index in [1.54, 1.807) is 0 Å². The average Bonchev–Trinajstić information content (AvgIpc) is 2.16. The summed E-state index contributed by atoms with van der Waals surface area (Å²) in [5, 5.41) is 0. The van der Waals surface area contributed by atoms with Crippen molar-refractivity contribution in [3.05, 3.63) is 11.6 Å². The molecule has 2 nitrogen and oxygen atoms in total. The third kappa shape index (κ3) is 2.60. The second-order valence-corrected chi connectivity index (χ2v) is 4.62. The SMILES string of the molecule is CC(C)C(=O)N1CC=C(C(C)C)CC1.